The van der Waals surface area contributed by atoms with E-state index in [0.29, 0.717) is 0 Å². The molecule has 0 N–H and O–H groups in total. The molecule has 0 radical (unpaired) electrons. The van der Waals surface area contributed by atoms with Gasteiger partial charge < -0.3 is 9.13 Å². The first-order valence-electron chi connectivity index (χ1n) is 22.9. The van der Waals surface area contributed by atoms with Crippen LogP contribution in [0.15, 0.2) is 231 Å². The molecule has 0 fully saturated rings. The number of aromatic nitrogens is 6. The molecule has 0 aliphatic heterocycles. The van der Waals surface area contributed by atoms with Crippen LogP contribution in [0.5, 0.6) is 0 Å². The first-order valence-corrected chi connectivity index (χ1v) is 22.9. The molecule has 0 bridgehead atoms. The Kier molecular flexibility index (Phi) is 8.48. The van der Waals surface area contributed by atoms with Gasteiger partial charge in [0.1, 0.15) is 11.0 Å². The molecule has 6 nitrogen and oxygen atoms in total. The molecule has 0 unspecified atom stereocenters. The predicted molar refractivity (Wildman–Crippen MR) is 281 cm³/mol. The lowest BCUT2D eigenvalue weighted by molar-refractivity contribution is 1.18. The molecule has 0 spiro atoms. The van der Waals surface area contributed by atoms with Crippen LogP contribution in [0.3, 0.4) is 0 Å². The standard InChI is InChI=1S/C62H38N6/c1-3-19-45(20-4-1)67-55-27-11-9-23-47(55)51-35-41(29-31-57(51)67)39-15-13-17-43(33-39)53-37-63-59-49-25-7-8-26-50(49)60-62(61(59)65-53)66-54(38-64-60)44-18-14-16-40(34-44)42-30-32-58-52(36-42)48-24-10-12-28-56(48)68(58)46-21-5-2-6-22-46/h1-38H. The minimum Gasteiger partial charge on any atom is -0.309 e. The van der Waals surface area contributed by atoms with Gasteiger partial charge in [-0.1, -0.05) is 146 Å². The van der Waals surface area contributed by atoms with E-state index < -0.39 is 0 Å². The van der Waals surface area contributed by atoms with Crippen LogP contribution in [0.25, 0.3) is 133 Å². The van der Waals surface area contributed by atoms with Crippen molar-refractivity contribution in [1.29, 1.82) is 0 Å². The Bertz CT molecular complexity index is 4040. The number of fused-ring (bicyclic) bond motifs is 12. The first-order chi connectivity index (χ1) is 33.7. The fourth-order valence-electron chi connectivity index (χ4n) is 10.4. The summed E-state index contributed by atoms with van der Waals surface area (Å²) in [6.07, 6.45) is 3.79. The summed E-state index contributed by atoms with van der Waals surface area (Å²) in [4.78, 5) is 21.1. The minimum absolute atomic E-state index is 0.725. The molecule has 0 aliphatic rings. The van der Waals surface area contributed by atoms with Crippen LogP contribution in [-0.2, 0) is 0 Å². The zero-order valence-corrected chi connectivity index (χ0v) is 36.6. The van der Waals surface area contributed by atoms with Gasteiger partial charge in [0.25, 0.3) is 0 Å². The molecule has 316 valence electrons. The van der Waals surface area contributed by atoms with Crippen LogP contribution in [0.1, 0.15) is 0 Å². The van der Waals surface area contributed by atoms with E-state index in [9.17, 15) is 0 Å². The Morgan fingerprint density at radius 1 is 0.250 bits per heavy atom. The number of rotatable bonds is 6. The summed E-state index contributed by atoms with van der Waals surface area (Å²) in [6, 6.07) is 77.5. The van der Waals surface area contributed by atoms with Crippen LogP contribution >= 0.6 is 0 Å². The van der Waals surface area contributed by atoms with E-state index in [1.807, 2.05) is 24.5 Å². The van der Waals surface area contributed by atoms with Gasteiger partial charge in [-0.3, -0.25) is 9.97 Å². The van der Waals surface area contributed by atoms with Crippen molar-refractivity contribution in [3.8, 4) is 56.1 Å². The first kappa shape index (κ1) is 38.1. The van der Waals surface area contributed by atoms with Gasteiger partial charge in [-0.05, 0) is 95.1 Å². The summed E-state index contributed by atoms with van der Waals surface area (Å²) < 4.78 is 4.70. The Morgan fingerprint density at radius 3 is 1.07 bits per heavy atom. The fraction of sp³-hybridized carbons (Fsp3) is 0. The summed E-state index contributed by atoms with van der Waals surface area (Å²) in [7, 11) is 0. The number of hydrogen-bond acceptors (Lipinski definition) is 4. The molecular formula is C62H38N6. The summed E-state index contributed by atoms with van der Waals surface area (Å²) in [5.41, 5.74) is 18.1. The second-order valence-corrected chi connectivity index (χ2v) is 17.5. The van der Waals surface area contributed by atoms with Gasteiger partial charge in [0, 0.05) is 54.8 Å². The highest BCUT2D eigenvalue weighted by atomic mass is 15.0. The molecule has 0 atom stereocenters. The van der Waals surface area contributed by atoms with Gasteiger partial charge in [-0.2, -0.15) is 0 Å². The van der Waals surface area contributed by atoms with Gasteiger partial charge in [-0.25, -0.2) is 9.97 Å². The maximum absolute atomic E-state index is 5.39. The average molecular weight is 867 g/mol. The molecule has 0 amide bonds. The molecule has 0 aliphatic carbocycles. The smallest absolute Gasteiger partial charge is 0.118 e. The quantitative estimate of drug-likeness (QED) is 0.156. The lowest BCUT2D eigenvalue weighted by Gasteiger charge is -2.12. The summed E-state index contributed by atoms with van der Waals surface area (Å²) >= 11 is 0. The number of nitrogens with zero attached hydrogens (tertiary/aromatic N) is 6. The van der Waals surface area contributed by atoms with E-state index in [1.165, 1.54) is 43.6 Å². The summed E-state index contributed by atoms with van der Waals surface area (Å²) in [5, 5.41) is 6.87. The number of para-hydroxylation sites is 4. The normalized spacial score (nSPS) is 11.8. The van der Waals surface area contributed by atoms with E-state index in [4.69, 9.17) is 19.9 Å². The van der Waals surface area contributed by atoms with Crippen LogP contribution in [-0.4, -0.2) is 29.1 Å². The second kappa shape index (κ2) is 15.2. The van der Waals surface area contributed by atoms with E-state index in [1.54, 1.807) is 0 Å². The Morgan fingerprint density at radius 2 is 0.618 bits per heavy atom. The molecular weight excluding hydrogens is 829 g/mol. The highest BCUT2D eigenvalue weighted by Gasteiger charge is 2.19. The van der Waals surface area contributed by atoms with E-state index in [2.05, 4.69) is 215 Å². The van der Waals surface area contributed by atoms with Crippen molar-refractivity contribution >= 4 is 76.5 Å². The number of hydrogen-bond donors (Lipinski definition) is 0. The van der Waals surface area contributed by atoms with Crippen LogP contribution in [0.2, 0.25) is 0 Å². The maximum atomic E-state index is 5.39. The molecule has 0 saturated carbocycles. The number of benzene rings is 10. The molecule has 4 heterocycles. The van der Waals surface area contributed by atoms with E-state index in [-0.39, 0.29) is 0 Å². The predicted octanol–water partition coefficient (Wildman–Crippen LogP) is 15.6. The van der Waals surface area contributed by atoms with E-state index in [0.717, 1.165) is 89.0 Å². The highest BCUT2D eigenvalue weighted by Crippen LogP contribution is 2.39. The van der Waals surface area contributed by atoms with Crippen molar-refractivity contribution in [2.75, 3.05) is 0 Å². The third-order valence-electron chi connectivity index (χ3n) is 13.6. The summed E-state index contributed by atoms with van der Waals surface area (Å²) in [6.45, 7) is 0. The van der Waals surface area contributed by atoms with Crippen molar-refractivity contribution in [1.82, 2.24) is 29.1 Å². The van der Waals surface area contributed by atoms with Crippen LogP contribution < -0.4 is 0 Å². The lowest BCUT2D eigenvalue weighted by Crippen LogP contribution is -1.97. The van der Waals surface area contributed by atoms with Gasteiger partial charge in [0.2, 0.25) is 0 Å². The fourth-order valence-corrected chi connectivity index (χ4v) is 10.4. The van der Waals surface area contributed by atoms with Gasteiger partial charge in [0.15, 0.2) is 0 Å². The molecule has 68 heavy (non-hydrogen) atoms. The van der Waals surface area contributed by atoms with Gasteiger partial charge in [0.05, 0.1) is 56.9 Å². The third-order valence-corrected chi connectivity index (χ3v) is 13.6. The zero-order chi connectivity index (χ0) is 44.7. The minimum atomic E-state index is 0.725. The molecule has 4 aromatic heterocycles. The third kappa shape index (κ3) is 5.98. The monoisotopic (exact) mass is 866 g/mol. The molecule has 14 aromatic rings. The van der Waals surface area contributed by atoms with Gasteiger partial charge >= 0.3 is 0 Å². The van der Waals surface area contributed by atoms with Crippen LogP contribution in [0.4, 0.5) is 0 Å². The molecule has 10 aromatic carbocycles. The van der Waals surface area contributed by atoms with Crippen molar-refractivity contribution < 1.29 is 0 Å². The molecule has 14 rings (SSSR count). The Labute approximate surface area is 390 Å². The van der Waals surface area contributed by atoms with Crippen molar-refractivity contribution in [2.45, 2.75) is 0 Å². The Balaban J connectivity index is 0.872. The van der Waals surface area contributed by atoms with Crippen molar-refractivity contribution in [3.05, 3.63) is 231 Å². The van der Waals surface area contributed by atoms with Crippen LogP contribution in [0, 0.1) is 0 Å². The lowest BCUT2D eigenvalue weighted by atomic mass is 9.99. The molecule has 6 heteroatoms. The Hall–Kier alpha value is -9.26. The second-order valence-electron chi connectivity index (χ2n) is 17.5. The topological polar surface area (TPSA) is 61.4 Å². The van der Waals surface area contributed by atoms with Gasteiger partial charge in [-0.15, -0.1) is 0 Å². The zero-order valence-electron chi connectivity index (χ0n) is 36.6. The highest BCUT2D eigenvalue weighted by molar-refractivity contribution is 6.21. The average Bonchev–Trinajstić information content (AvgIpc) is 3.93. The van der Waals surface area contributed by atoms with Crippen molar-refractivity contribution in [2.24, 2.45) is 0 Å². The maximum Gasteiger partial charge on any atom is 0.118 e. The van der Waals surface area contributed by atoms with Crippen molar-refractivity contribution in [3.63, 3.8) is 0 Å². The molecule has 0 saturated heterocycles. The summed E-state index contributed by atoms with van der Waals surface area (Å²) in [5.74, 6) is 0. The largest absolute Gasteiger partial charge is 0.309 e. The van der Waals surface area contributed by atoms with E-state index >= 15 is 0 Å². The SMILES string of the molecule is c1ccc(-n2c3ccccc3c3cc(-c4cccc(-c5cnc6c7ccccc7c7ncc(-c8cccc(-c9ccc%10c(c9)c9ccccc9n%10-c9ccccc9)c8)nc7c6n5)c4)ccc32)cc1.